The van der Waals surface area contributed by atoms with Crippen LogP contribution in [0, 0.1) is 0 Å². The maximum atomic E-state index is 11.8. The first kappa shape index (κ1) is 17.3. The van der Waals surface area contributed by atoms with Crippen LogP contribution in [0.1, 0.15) is 20.7 Å². The zero-order valence-electron chi connectivity index (χ0n) is 14.2. The van der Waals surface area contributed by atoms with Gasteiger partial charge in [-0.1, -0.05) is 18.2 Å². The minimum absolute atomic E-state index is 0.00690. The molecular formula is C21H12O7. The molecule has 3 N–H and O–H groups in total. The summed E-state index contributed by atoms with van der Waals surface area (Å²) in [4.78, 5) is 35.0. The molecule has 0 saturated heterocycles. The Balaban J connectivity index is 2.25. The maximum absolute atomic E-state index is 11.8. The fraction of sp³-hybridized carbons (Fsp3) is 0. The Morgan fingerprint density at radius 2 is 1.54 bits per heavy atom. The minimum atomic E-state index is -1.34. The van der Waals surface area contributed by atoms with Gasteiger partial charge < -0.3 is 19.7 Å². The smallest absolute Gasteiger partial charge is 0.339 e. The second-order valence-corrected chi connectivity index (χ2v) is 6.16. The van der Waals surface area contributed by atoms with Gasteiger partial charge in [0.2, 0.25) is 0 Å². The van der Waals surface area contributed by atoms with Crippen molar-refractivity contribution in [2.75, 3.05) is 0 Å². The third kappa shape index (κ3) is 2.66. The van der Waals surface area contributed by atoms with E-state index >= 15 is 0 Å². The van der Waals surface area contributed by atoms with E-state index in [4.69, 9.17) is 4.42 Å². The Hall–Kier alpha value is -4.13. The van der Waals surface area contributed by atoms with Crippen LogP contribution in [0.2, 0.25) is 0 Å². The van der Waals surface area contributed by atoms with Gasteiger partial charge in [-0.15, -0.1) is 0 Å². The lowest BCUT2D eigenvalue weighted by atomic mass is 9.90. The van der Waals surface area contributed by atoms with Crippen LogP contribution in [0.4, 0.5) is 0 Å². The lowest BCUT2D eigenvalue weighted by Crippen LogP contribution is -2.04. The minimum Gasteiger partial charge on any atom is -0.507 e. The van der Waals surface area contributed by atoms with Crippen molar-refractivity contribution >= 4 is 22.9 Å². The molecule has 0 saturated carbocycles. The fourth-order valence-corrected chi connectivity index (χ4v) is 3.26. The van der Waals surface area contributed by atoms with Crippen molar-refractivity contribution < 1.29 is 29.3 Å². The number of hydrogen-bond donors (Lipinski definition) is 3. The van der Waals surface area contributed by atoms with Crippen LogP contribution in [-0.2, 0) is 0 Å². The first-order valence-corrected chi connectivity index (χ1v) is 8.16. The SMILES string of the molecule is O=C(O)c1cc2c(-c3ccccc3C(=O)O)c3ccc(=O)cc-3oc2cc1O. The molecule has 7 nitrogen and oxygen atoms in total. The quantitative estimate of drug-likeness (QED) is 0.466. The van der Waals surface area contributed by atoms with Crippen LogP contribution in [0.5, 0.6) is 5.75 Å². The summed E-state index contributed by atoms with van der Waals surface area (Å²) < 4.78 is 5.70. The monoisotopic (exact) mass is 376 g/mol. The van der Waals surface area contributed by atoms with E-state index in [-0.39, 0.29) is 27.9 Å². The average Bonchev–Trinajstić information content (AvgIpc) is 2.65. The van der Waals surface area contributed by atoms with Crippen molar-refractivity contribution in [3.05, 3.63) is 75.9 Å². The van der Waals surface area contributed by atoms with Crippen LogP contribution >= 0.6 is 0 Å². The van der Waals surface area contributed by atoms with Crippen molar-refractivity contribution in [2.45, 2.75) is 0 Å². The van der Waals surface area contributed by atoms with Crippen LogP contribution in [-0.4, -0.2) is 27.3 Å². The second kappa shape index (κ2) is 6.24. The average molecular weight is 376 g/mol. The van der Waals surface area contributed by atoms with Crippen molar-refractivity contribution in [3.63, 3.8) is 0 Å². The van der Waals surface area contributed by atoms with Gasteiger partial charge in [-0.3, -0.25) is 4.79 Å². The molecular weight excluding hydrogens is 364 g/mol. The summed E-state index contributed by atoms with van der Waals surface area (Å²) in [6.07, 6.45) is 0. The van der Waals surface area contributed by atoms with Gasteiger partial charge in [0.1, 0.15) is 22.7 Å². The van der Waals surface area contributed by atoms with Crippen LogP contribution in [0.15, 0.2) is 63.8 Å². The van der Waals surface area contributed by atoms with Gasteiger partial charge in [0.15, 0.2) is 5.43 Å². The summed E-state index contributed by atoms with van der Waals surface area (Å²) in [5, 5.41) is 29.3. The summed E-state index contributed by atoms with van der Waals surface area (Å²) in [6, 6.07) is 12.7. The fourth-order valence-electron chi connectivity index (χ4n) is 3.26. The highest BCUT2D eigenvalue weighted by Gasteiger charge is 2.23. The summed E-state index contributed by atoms with van der Waals surface area (Å²) in [5.74, 6) is -2.81. The molecule has 138 valence electrons. The first-order valence-electron chi connectivity index (χ1n) is 8.16. The predicted molar refractivity (Wildman–Crippen MR) is 100 cm³/mol. The Labute approximate surface area is 157 Å². The number of aromatic hydroxyl groups is 1. The number of hydrogen-bond acceptors (Lipinski definition) is 5. The number of benzene rings is 3. The molecule has 0 radical (unpaired) electrons. The van der Waals surface area contributed by atoms with E-state index < -0.39 is 17.7 Å². The molecule has 2 aromatic rings. The number of rotatable bonds is 3. The number of carboxylic acid groups (broad SMARTS) is 2. The van der Waals surface area contributed by atoms with Crippen LogP contribution < -0.4 is 5.43 Å². The first-order chi connectivity index (χ1) is 13.4. The van der Waals surface area contributed by atoms with Crippen LogP contribution in [0.3, 0.4) is 0 Å². The largest absolute Gasteiger partial charge is 0.507 e. The van der Waals surface area contributed by atoms with Crippen molar-refractivity contribution in [3.8, 4) is 28.2 Å². The Morgan fingerprint density at radius 3 is 2.25 bits per heavy atom. The molecule has 0 bridgehead atoms. The number of aromatic carboxylic acids is 2. The molecule has 0 spiro atoms. The topological polar surface area (TPSA) is 125 Å². The van der Waals surface area contributed by atoms with Gasteiger partial charge in [0.05, 0.1) is 5.56 Å². The predicted octanol–water partition coefficient (Wildman–Crippen LogP) is 3.67. The molecule has 0 unspecified atom stereocenters. The van der Waals surface area contributed by atoms with Gasteiger partial charge in [0.25, 0.3) is 0 Å². The summed E-state index contributed by atoms with van der Waals surface area (Å²) >= 11 is 0. The molecule has 28 heavy (non-hydrogen) atoms. The lowest BCUT2D eigenvalue weighted by Gasteiger charge is -2.17. The molecule has 2 aliphatic rings. The van der Waals surface area contributed by atoms with Crippen molar-refractivity contribution in [1.82, 2.24) is 0 Å². The van der Waals surface area contributed by atoms with E-state index in [1.54, 1.807) is 18.2 Å². The second-order valence-electron chi connectivity index (χ2n) is 6.16. The Kier molecular flexibility index (Phi) is 3.85. The molecule has 1 heterocycles. The standard InChI is InChI=1S/C21H12O7/c22-10-5-6-13-17(7-10)28-18-9-16(23)14(21(26)27)8-15(18)19(13)11-3-1-2-4-12(11)20(24)25/h1-9,23H,(H,24,25)(H,26,27). The summed E-state index contributed by atoms with van der Waals surface area (Å²) in [6.45, 7) is 0. The molecule has 0 atom stereocenters. The number of fused-ring (bicyclic) bond motifs is 2. The molecule has 7 heteroatoms. The number of carbonyl (C=O) groups is 2. The van der Waals surface area contributed by atoms with Gasteiger partial charge in [-0.05, 0) is 29.8 Å². The third-order valence-corrected chi connectivity index (χ3v) is 4.47. The summed E-state index contributed by atoms with van der Waals surface area (Å²) in [5.41, 5.74) is 0.653. The highest BCUT2D eigenvalue weighted by atomic mass is 16.4. The van der Waals surface area contributed by atoms with E-state index in [1.165, 1.54) is 30.3 Å². The van der Waals surface area contributed by atoms with E-state index in [0.717, 1.165) is 6.07 Å². The molecule has 1 aliphatic heterocycles. The summed E-state index contributed by atoms with van der Waals surface area (Å²) in [7, 11) is 0. The molecule has 0 aromatic heterocycles. The normalized spacial score (nSPS) is 11.0. The third-order valence-electron chi connectivity index (χ3n) is 4.47. The van der Waals surface area contributed by atoms with Gasteiger partial charge in [0, 0.05) is 28.6 Å². The molecule has 4 rings (SSSR count). The maximum Gasteiger partial charge on any atom is 0.339 e. The van der Waals surface area contributed by atoms with Gasteiger partial charge in [-0.25, -0.2) is 9.59 Å². The van der Waals surface area contributed by atoms with Crippen molar-refractivity contribution in [2.24, 2.45) is 0 Å². The Morgan fingerprint density at radius 1 is 0.821 bits per heavy atom. The van der Waals surface area contributed by atoms with Gasteiger partial charge >= 0.3 is 11.9 Å². The molecule has 1 aliphatic carbocycles. The zero-order chi connectivity index (χ0) is 20.0. The van der Waals surface area contributed by atoms with E-state index in [2.05, 4.69) is 0 Å². The Bertz CT molecular complexity index is 1300. The highest BCUT2D eigenvalue weighted by Crippen LogP contribution is 2.42. The van der Waals surface area contributed by atoms with E-state index in [1.807, 2.05) is 0 Å². The lowest BCUT2D eigenvalue weighted by molar-refractivity contribution is 0.0684. The van der Waals surface area contributed by atoms with Gasteiger partial charge in [-0.2, -0.15) is 0 Å². The number of carboxylic acids is 2. The molecule has 2 aromatic carbocycles. The van der Waals surface area contributed by atoms with Crippen molar-refractivity contribution in [1.29, 1.82) is 0 Å². The zero-order valence-corrected chi connectivity index (χ0v) is 14.2. The van der Waals surface area contributed by atoms with E-state index in [9.17, 15) is 29.7 Å². The van der Waals surface area contributed by atoms with Crippen LogP contribution in [0.25, 0.3) is 33.4 Å². The molecule has 0 amide bonds. The molecule has 0 fully saturated rings. The van der Waals surface area contributed by atoms with E-state index in [0.29, 0.717) is 22.1 Å². The highest BCUT2D eigenvalue weighted by molar-refractivity contribution is 6.09. The number of phenols is 1.